The molecule has 2 heterocycles. The molecule has 2 nitrogen and oxygen atoms in total. The van der Waals surface area contributed by atoms with Crippen molar-refractivity contribution in [3.8, 4) is 11.1 Å². The minimum absolute atomic E-state index is 0.744. The number of para-hydroxylation sites is 2. The van der Waals surface area contributed by atoms with Gasteiger partial charge in [-0.25, -0.2) is 0 Å². The average Bonchev–Trinajstić information content (AvgIpc) is 3.25. The fourth-order valence-corrected chi connectivity index (χ4v) is 4.18. The first-order chi connectivity index (χ1) is 13.3. The first kappa shape index (κ1) is 14.9. The van der Waals surface area contributed by atoms with E-state index in [-0.39, 0.29) is 0 Å². The van der Waals surface area contributed by atoms with E-state index in [1.807, 2.05) is 36.4 Å². The van der Waals surface area contributed by atoms with Gasteiger partial charge in [-0.05, 0) is 42.0 Å². The average molecular weight is 368 g/mol. The fourth-order valence-electron chi connectivity index (χ4n) is 4.01. The molecule has 6 aromatic rings. The van der Waals surface area contributed by atoms with Crippen molar-refractivity contribution in [2.45, 2.75) is 0 Å². The molecule has 0 aliphatic carbocycles. The van der Waals surface area contributed by atoms with Crippen molar-refractivity contribution in [3.63, 3.8) is 0 Å². The summed E-state index contributed by atoms with van der Waals surface area (Å²) in [6.07, 6.45) is 0. The summed E-state index contributed by atoms with van der Waals surface area (Å²) in [6, 6.07) is 26.9. The summed E-state index contributed by atoms with van der Waals surface area (Å²) in [5, 5.41) is 5.34. The molecule has 128 valence electrons. The van der Waals surface area contributed by atoms with Crippen molar-refractivity contribution < 1.29 is 4.42 Å². The molecule has 0 saturated carbocycles. The summed E-state index contributed by atoms with van der Waals surface area (Å²) in [4.78, 5) is 3.46. The molecular formula is C24H14ClNO. The number of nitrogens with one attached hydrogen (secondary N) is 1. The summed E-state index contributed by atoms with van der Waals surface area (Å²) >= 11 is 6.23. The molecule has 0 atom stereocenters. The monoisotopic (exact) mass is 367 g/mol. The van der Waals surface area contributed by atoms with Crippen LogP contribution in [0.1, 0.15) is 0 Å². The van der Waals surface area contributed by atoms with Gasteiger partial charge in [0.1, 0.15) is 11.2 Å². The van der Waals surface area contributed by atoms with E-state index >= 15 is 0 Å². The zero-order valence-corrected chi connectivity index (χ0v) is 15.0. The van der Waals surface area contributed by atoms with Crippen LogP contribution in [0.5, 0.6) is 0 Å². The largest absolute Gasteiger partial charge is 0.455 e. The van der Waals surface area contributed by atoms with Gasteiger partial charge in [0.05, 0.1) is 0 Å². The zero-order chi connectivity index (χ0) is 18.0. The second-order valence-electron chi connectivity index (χ2n) is 6.86. The lowest BCUT2D eigenvalue weighted by atomic mass is 10.0. The minimum atomic E-state index is 0.744. The molecular weight excluding hydrogens is 354 g/mol. The first-order valence-corrected chi connectivity index (χ1v) is 9.27. The Morgan fingerprint density at radius 1 is 0.667 bits per heavy atom. The highest BCUT2D eigenvalue weighted by atomic mass is 35.5. The quantitative estimate of drug-likeness (QED) is 0.319. The number of aromatic nitrogens is 1. The predicted molar refractivity (Wildman–Crippen MR) is 114 cm³/mol. The third-order valence-corrected chi connectivity index (χ3v) is 5.51. The molecule has 27 heavy (non-hydrogen) atoms. The van der Waals surface area contributed by atoms with Gasteiger partial charge in [-0.2, -0.15) is 0 Å². The number of fused-ring (bicyclic) bond motifs is 6. The van der Waals surface area contributed by atoms with Gasteiger partial charge < -0.3 is 9.40 Å². The van der Waals surface area contributed by atoms with E-state index in [2.05, 4.69) is 47.4 Å². The lowest BCUT2D eigenvalue weighted by Gasteiger charge is -2.03. The van der Waals surface area contributed by atoms with Gasteiger partial charge in [0, 0.05) is 43.2 Å². The van der Waals surface area contributed by atoms with Gasteiger partial charge in [0.15, 0.2) is 0 Å². The SMILES string of the molecule is Clc1ccc2[nH]c3ccc(-c4cccc5c4oc4ccccc45)cc3c2c1. The zero-order valence-electron chi connectivity index (χ0n) is 14.3. The third kappa shape index (κ3) is 2.14. The molecule has 0 bridgehead atoms. The van der Waals surface area contributed by atoms with Gasteiger partial charge in [0.2, 0.25) is 0 Å². The lowest BCUT2D eigenvalue weighted by Crippen LogP contribution is -1.79. The van der Waals surface area contributed by atoms with Gasteiger partial charge in [-0.15, -0.1) is 0 Å². The summed E-state index contributed by atoms with van der Waals surface area (Å²) in [5.41, 5.74) is 6.27. The van der Waals surface area contributed by atoms with E-state index in [0.717, 1.165) is 59.9 Å². The van der Waals surface area contributed by atoms with E-state index < -0.39 is 0 Å². The Kier molecular flexibility index (Phi) is 2.97. The third-order valence-electron chi connectivity index (χ3n) is 5.28. The Balaban J connectivity index is 1.67. The minimum Gasteiger partial charge on any atom is -0.455 e. The molecule has 1 N–H and O–H groups in total. The van der Waals surface area contributed by atoms with Gasteiger partial charge in [0.25, 0.3) is 0 Å². The van der Waals surface area contributed by atoms with Crippen molar-refractivity contribution in [2.24, 2.45) is 0 Å². The molecule has 0 radical (unpaired) electrons. The van der Waals surface area contributed by atoms with E-state index in [9.17, 15) is 0 Å². The number of furan rings is 1. The number of rotatable bonds is 1. The summed E-state index contributed by atoms with van der Waals surface area (Å²) in [5.74, 6) is 0. The Morgan fingerprint density at radius 3 is 2.37 bits per heavy atom. The number of benzene rings is 4. The fraction of sp³-hybridized carbons (Fsp3) is 0. The van der Waals surface area contributed by atoms with Gasteiger partial charge >= 0.3 is 0 Å². The van der Waals surface area contributed by atoms with Crippen molar-refractivity contribution in [1.29, 1.82) is 0 Å². The standard InChI is InChI=1S/C24H14ClNO/c25-15-9-11-22-20(13-15)19-12-14(8-10-21(19)26-22)16-5-3-6-18-17-4-1-2-7-23(17)27-24(16)18/h1-13,26H. The molecule has 0 aliphatic heterocycles. The normalized spacial score (nSPS) is 11.9. The van der Waals surface area contributed by atoms with Crippen LogP contribution < -0.4 is 0 Å². The number of halogens is 1. The Bertz CT molecular complexity index is 1490. The van der Waals surface area contributed by atoms with E-state index in [4.69, 9.17) is 16.0 Å². The Labute approximate surface area is 160 Å². The highest BCUT2D eigenvalue weighted by Crippen LogP contribution is 2.37. The number of hydrogen-bond donors (Lipinski definition) is 1. The molecule has 2 aromatic heterocycles. The van der Waals surface area contributed by atoms with Crippen LogP contribution in [-0.4, -0.2) is 4.98 Å². The maximum Gasteiger partial charge on any atom is 0.143 e. The maximum absolute atomic E-state index is 6.23. The van der Waals surface area contributed by atoms with Crippen LogP contribution in [0, 0.1) is 0 Å². The molecule has 0 unspecified atom stereocenters. The van der Waals surface area contributed by atoms with Crippen LogP contribution in [0.4, 0.5) is 0 Å². The molecule has 3 heteroatoms. The molecule has 0 aliphatic rings. The second-order valence-corrected chi connectivity index (χ2v) is 7.29. The Morgan fingerprint density at radius 2 is 1.44 bits per heavy atom. The Hall–Kier alpha value is -3.23. The molecule has 4 aromatic carbocycles. The van der Waals surface area contributed by atoms with E-state index in [1.54, 1.807) is 0 Å². The van der Waals surface area contributed by atoms with Gasteiger partial charge in [-0.3, -0.25) is 0 Å². The van der Waals surface area contributed by atoms with Crippen LogP contribution in [0.3, 0.4) is 0 Å². The molecule has 0 saturated heterocycles. The molecule has 6 rings (SSSR count). The summed E-state index contributed by atoms with van der Waals surface area (Å²) in [7, 11) is 0. The highest BCUT2D eigenvalue weighted by molar-refractivity contribution is 6.31. The maximum atomic E-state index is 6.23. The summed E-state index contributed by atoms with van der Waals surface area (Å²) in [6.45, 7) is 0. The number of aromatic amines is 1. The molecule has 0 spiro atoms. The highest BCUT2D eigenvalue weighted by Gasteiger charge is 2.13. The van der Waals surface area contributed by atoms with Crippen LogP contribution in [0.25, 0.3) is 54.9 Å². The van der Waals surface area contributed by atoms with E-state index in [1.165, 1.54) is 0 Å². The smallest absolute Gasteiger partial charge is 0.143 e. The topological polar surface area (TPSA) is 28.9 Å². The lowest BCUT2D eigenvalue weighted by molar-refractivity contribution is 0.670. The van der Waals surface area contributed by atoms with Crippen molar-refractivity contribution in [3.05, 3.63) is 83.9 Å². The molecule has 0 fully saturated rings. The summed E-state index contributed by atoms with van der Waals surface area (Å²) < 4.78 is 6.21. The van der Waals surface area contributed by atoms with Crippen LogP contribution in [0.2, 0.25) is 5.02 Å². The van der Waals surface area contributed by atoms with Crippen molar-refractivity contribution >= 4 is 55.3 Å². The van der Waals surface area contributed by atoms with Crippen molar-refractivity contribution in [1.82, 2.24) is 4.98 Å². The van der Waals surface area contributed by atoms with Crippen LogP contribution in [0.15, 0.2) is 83.3 Å². The number of hydrogen-bond acceptors (Lipinski definition) is 1. The first-order valence-electron chi connectivity index (χ1n) is 8.89. The van der Waals surface area contributed by atoms with Crippen LogP contribution in [-0.2, 0) is 0 Å². The second kappa shape index (κ2) is 5.38. The van der Waals surface area contributed by atoms with E-state index in [0.29, 0.717) is 0 Å². The van der Waals surface area contributed by atoms with Gasteiger partial charge in [-0.1, -0.05) is 54.1 Å². The predicted octanol–water partition coefficient (Wildman–Crippen LogP) is 7.54. The molecule has 0 amide bonds. The number of H-pyrrole nitrogens is 1. The van der Waals surface area contributed by atoms with Crippen LogP contribution >= 0.6 is 11.6 Å². The van der Waals surface area contributed by atoms with Crippen molar-refractivity contribution in [2.75, 3.05) is 0 Å².